The summed E-state index contributed by atoms with van der Waals surface area (Å²) in [7, 11) is 0. The van der Waals surface area contributed by atoms with Crippen LogP contribution in [-0.2, 0) is 21.5 Å². The Morgan fingerprint density at radius 1 is 1.11 bits per heavy atom. The molecule has 1 saturated heterocycles. The molecule has 4 rings (SSSR count). The summed E-state index contributed by atoms with van der Waals surface area (Å²) >= 11 is 3.49. The van der Waals surface area contributed by atoms with Crippen LogP contribution in [0.25, 0.3) is 0 Å². The van der Waals surface area contributed by atoms with E-state index in [4.69, 9.17) is 4.74 Å². The first kappa shape index (κ1) is 19.4. The van der Waals surface area contributed by atoms with Gasteiger partial charge >= 0.3 is 0 Å². The number of ether oxygens (including phenoxy) is 1. The van der Waals surface area contributed by atoms with E-state index in [2.05, 4.69) is 49.3 Å². The van der Waals surface area contributed by atoms with Gasteiger partial charge in [-0.25, -0.2) is 4.98 Å². The molecule has 5 nitrogen and oxygen atoms in total. The van der Waals surface area contributed by atoms with Crippen molar-refractivity contribution in [3.63, 3.8) is 0 Å². The van der Waals surface area contributed by atoms with E-state index in [0.717, 1.165) is 73.4 Å². The first-order chi connectivity index (χ1) is 13.7. The molecule has 28 heavy (non-hydrogen) atoms. The zero-order valence-corrected chi connectivity index (χ0v) is 17.6. The quantitative estimate of drug-likeness (QED) is 0.762. The van der Waals surface area contributed by atoms with Gasteiger partial charge in [0.1, 0.15) is 5.82 Å². The zero-order chi connectivity index (χ0) is 19.4. The van der Waals surface area contributed by atoms with Gasteiger partial charge in [-0.3, -0.25) is 4.79 Å². The Balaban J connectivity index is 1.41. The Hall–Kier alpha value is -1.92. The number of carbonyl (C=O) groups is 1. The van der Waals surface area contributed by atoms with Crippen molar-refractivity contribution in [2.24, 2.45) is 0 Å². The number of aromatic nitrogens is 1. The number of nitrogens with one attached hydrogen (secondary N) is 1. The normalized spacial score (nSPS) is 18.8. The van der Waals surface area contributed by atoms with E-state index in [0.29, 0.717) is 6.54 Å². The molecular formula is C22H26BrN3O2. The highest BCUT2D eigenvalue weighted by Crippen LogP contribution is 2.41. The molecule has 0 radical (unpaired) electrons. The molecule has 2 aromatic rings. The molecular weight excluding hydrogens is 418 g/mol. The average molecular weight is 444 g/mol. The molecule has 2 aliphatic rings. The van der Waals surface area contributed by atoms with Crippen molar-refractivity contribution >= 4 is 27.7 Å². The second kappa shape index (κ2) is 8.62. The Morgan fingerprint density at radius 2 is 1.82 bits per heavy atom. The molecule has 1 aliphatic heterocycles. The van der Waals surface area contributed by atoms with Gasteiger partial charge in [0.15, 0.2) is 0 Å². The number of hydrogen-bond donors (Lipinski definition) is 1. The number of nitrogens with zero attached hydrogens (tertiary/aromatic N) is 2. The van der Waals surface area contributed by atoms with Gasteiger partial charge in [-0.1, -0.05) is 47.0 Å². The van der Waals surface area contributed by atoms with Crippen LogP contribution >= 0.6 is 15.9 Å². The number of hydrogen-bond acceptors (Lipinski definition) is 4. The molecule has 0 bridgehead atoms. The molecule has 1 aromatic heterocycles. The highest BCUT2D eigenvalue weighted by Gasteiger charge is 2.42. The molecule has 148 valence electrons. The number of anilines is 1. The van der Waals surface area contributed by atoms with E-state index in [9.17, 15) is 4.79 Å². The lowest BCUT2D eigenvalue weighted by Gasteiger charge is -2.29. The monoisotopic (exact) mass is 443 g/mol. The summed E-state index contributed by atoms with van der Waals surface area (Å²) in [5, 5.41) is 3.17. The van der Waals surface area contributed by atoms with E-state index in [-0.39, 0.29) is 5.91 Å². The molecule has 0 spiro atoms. The summed E-state index contributed by atoms with van der Waals surface area (Å²) < 4.78 is 6.43. The standard InChI is InChI=1S/C22H26BrN3O2/c23-19-6-4-18(5-7-19)22(9-1-2-10-22)21(27)25-16-17-3-8-20(24-15-17)26-11-13-28-14-12-26/h3-8,15H,1-2,9-14,16H2,(H,25,27). The van der Waals surface area contributed by atoms with Gasteiger partial charge in [-0.2, -0.15) is 0 Å². The molecule has 2 fully saturated rings. The molecule has 1 aliphatic carbocycles. The third-order valence-corrected chi connectivity index (χ3v) is 6.41. The summed E-state index contributed by atoms with van der Waals surface area (Å²) in [6.07, 6.45) is 5.88. The Morgan fingerprint density at radius 3 is 2.46 bits per heavy atom. The van der Waals surface area contributed by atoms with Crippen molar-refractivity contribution in [3.05, 3.63) is 58.2 Å². The summed E-state index contributed by atoms with van der Waals surface area (Å²) in [6, 6.07) is 12.3. The van der Waals surface area contributed by atoms with Gasteiger partial charge in [0.25, 0.3) is 0 Å². The fourth-order valence-corrected chi connectivity index (χ4v) is 4.51. The number of amides is 1. The third-order valence-electron chi connectivity index (χ3n) is 5.89. The number of rotatable bonds is 5. The van der Waals surface area contributed by atoms with Crippen LogP contribution < -0.4 is 10.2 Å². The number of carbonyl (C=O) groups excluding carboxylic acids is 1. The predicted molar refractivity (Wildman–Crippen MR) is 113 cm³/mol. The molecule has 6 heteroatoms. The minimum absolute atomic E-state index is 0.129. The fourth-order valence-electron chi connectivity index (χ4n) is 4.25. The number of morpholine rings is 1. The molecule has 2 heterocycles. The van der Waals surface area contributed by atoms with Gasteiger partial charge in [-0.05, 0) is 42.2 Å². The molecule has 1 aromatic carbocycles. The van der Waals surface area contributed by atoms with Gasteiger partial charge in [0.05, 0.1) is 18.6 Å². The smallest absolute Gasteiger partial charge is 0.230 e. The lowest BCUT2D eigenvalue weighted by molar-refractivity contribution is -0.126. The van der Waals surface area contributed by atoms with Crippen LogP contribution in [0.2, 0.25) is 0 Å². The highest BCUT2D eigenvalue weighted by molar-refractivity contribution is 9.10. The highest BCUT2D eigenvalue weighted by atomic mass is 79.9. The maximum Gasteiger partial charge on any atom is 0.230 e. The topological polar surface area (TPSA) is 54.5 Å². The second-order valence-corrected chi connectivity index (χ2v) is 8.52. The maximum atomic E-state index is 13.2. The summed E-state index contributed by atoms with van der Waals surface area (Å²) in [4.78, 5) is 20.0. The Kier molecular flexibility index (Phi) is 5.97. The van der Waals surface area contributed by atoms with Gasteiger partial charge in [0, 0.05) is 30.3 Å². The zero-order valence-electron chi connectivity index (χ0n) is 16.0. The Bertz CT molecular complexity index is 796. The maximum absolute atomic E-state index is 13.2. The molecule has 0 atom stereocenters. The lowest BCUT2D eigenvalue weighted by atomic mass is 9.78. The van der Waals surface area contributed by atoms with Crippen LogP contribution in [0.3, 0.4) is 0 Å². The van der Waals surface area contributed by atoms with Gasteiger partial charge < -0.3 is 15.0 Å². The van der Waals surface area contributed by atoms with Crippen LogP contribution in [-0.4, -0.2) is 37.2 Å². The minimum atomic E-state index is -0.401. The van der Waals surface area contributed by atoms with E-state index in [1.54, 1.807) is 0 Å². The van der Waals surface area contributed by atoms with E-state index in [1.807, 2.05) is 24.4 Å². The number of pyridine rings is 1. The van der Waals surface area contributed by atoms with Crippen LogP contribution in [0.1, 0.15) is 36.8 Å². The van der Waals surface area contributed by atoms with Crippen LogP contribution in [0.15, 0.2) is 47.1 Å². The molecule has 1 N–H and O–H groups in total. The van der Waals surface area contributed by atoms with Gasteiger partial charge in [-0.15, -0.1) is 0 Å². The molecule has 0 unspecified atom stereocenters. The van der Waals surface area contributed by atoms with Crippen molar-refractivity contribution in [3.8, 4) is 0 Å². The van der Waals surface area contributed by atoms with Crippen molar-refractivity contribution in [1.29, 1.82) is 0 Å². The first-order valence-corrected chi connectivity index (χ1v) is 10.8. The Labute approximate surface area is 174 Å². The summed E-state index contributed by atoms with van der Waals surface area (Å²) in [5.74, 6) is 1.10. The van der Waals surface area contributed by atoms with Crippen molar-refractivity contribution < 1.29 is 9.53 Å². The molecule has 1 saturated carbocycles. The second-order valence-electron chi connectivity index (χ2n) is 7.60. The summed E-state index contributed by atoms with van der Waals surface area (Å²) in [6.45, 7) is 3.75. The fraction of sp³-hybridized carbons (Fsp3) is 0.455. The van der Waals surface area contributed by atoms with E-state index in [1.165, 1.54) is 0 Å². The van der Waals surface area contributed by atoms with Crippen molar-refractivity contribution in [2.45, 2.75) is 37.6 Å². The summed E-state index contributed by atoms with van der Waals surface area (Å²) in [5.41, 5.74) is 1.74. The van der Waals surface area contributed by atoms with Crippen LogP contribution in [0, 0.1) is 0 Å². The van der Waals surface area contributed by atoms with Gasteiger partial charge in [0.2, 0.25) is 5.91 Å². The van der Waals surface area contributed by atoms with E-state index >= 15 is 0 Å². The first-order valence-electron chi connectivity index (χ1n) is 9.99. The van der Waals surface area contributed by atoms with Crippen molar-refractivity contribution in [2.75, 3.05) is 31.2 Å². The largest absolute Gasteiger partial charge is 0.378 e. The van der Waals surface area contributed by atoms with Crippen LogP contribution in [0.5, 0.6) is 0 Å². The average Bonchev–Trinajstić information content (AvgIpc) is 3.25. The lowest BCUT2D eigenvalue weighted by Crippen LogP contribution is -2.42. The number of benzene rings is 1. The predicted octanol–water partition coefficient (Wildman–Crippen LogP) is 3.81. The molecule has 1 amide bonds. The third kappa shape index (κ3) is 4.08. The van der Waals surface area contributed by atoms with E-state index < -0.39 is 5.41 Å². The van der Waals surface area contributed by atoms with Crippen molar-refractivity contribution in [1.82, 2.24) is 10.3 Å². The number of halogens is 1. The van der Waals surface area contributed by atoms with Crippen LogP contribution in [0.4, 0.5) is 5.82 Å². The SMILES string of the molecule is O=C(NCc1ccc(N2CCOCC2)nc1)C1(c2ccc(Br)cc2)CCCC1. The minimum Gasteiger partial charge on any atom is -0.378 e.